The quantitative estimate of drug-likeness (QED) is 0.733. The minimum Gasteiger partial charge on any atom is -0.368 e. The first kappa shape index (κ1) is 22.9. The van der Waals surface area contributed by atoms with Crippen LogP contribution in [0.5, 0.6) is 0 Å². The summed E-state index contributed by atoms with van der Waals surface area (Å²) in [6.07, 6.45) is 1.05. The minimum absolute atomic E-state index is 0.126. The van der Waals surface area contributed by atoms with E-state index >= 15 is 0 Å². The van der Waals surface area contributed by atoms with Gasteiger partial charge in [-0.05, 0) is 69.5 Å². The molecule has 1 amide bonds. The molecule has 5 rings (SSSR count). The van der Waals surface area contributed by atoms with E-state index in [1.807, 2.05) is 0 Å². The molecule has 2 aliphatic heterocycles. The Hall–Kier alpha value is -2.86. The first-order valence-corrected chi connectivity index (χ1v) is 12.0. The second-order valence-corrected chi connectivity index (χ2v) is 9.77. The van der Waals surface area contributed by atoms with E-state index in [2.05, 4.69) is 21.3 Å². The summed E-state index contributed by atoms with van der Waals surface area (Å²) in [5.41, 5.74) is 1.46. The third kappa shape index (κ3) is 4.69. The number of anilines is 1. The maximum absolute atomic E-state index is 13.9. The zero-order valence-electron chi connectivity index (χ0n) is 18.9. The SMILES string of the molecule is N#Cc1ccc(N2C[C@H](NC(=O)C3CCN(C4CC4)CC3)C[C@H](C(F)(F)F)C2)c2cccnc12. The number of carbonyl (C=O) groups is 1. The minimum atomic E-state index is -4.36. The van der Waals surface area contributed by atoms with Gasteiger partial charge in [0, 0.05) is 48.4 Å². The van der Waals surface area contributed by atoms with Gasteiger partial charge in [0.2, 0.25) is 5.91 Å². The van der Waals surface area contributed by atoms with Crippen molar-refractivity contribution in [2.75, 3.05) is 31.1 Å². The van der Waals surface area contributed by atoms with E-state index in [1.165, 1.54) is 12.8 Å². The van der Waals surface area contributed by atoms with Gasteiger partial charge in [-0.3, -0.25) is 9.78 Å². The molecule has 3 fully saturated rings. The lowest BCUT2D eigenvalue weighted by Gasteiger charge is -2.41. The van der Waals surface area contributed by atoms with Crippen LogP contribution in [0, 0.1) is 23.2 Å². The molecule has 1 aromatic heterocycles. The van der Waals surface area contributed by atoms with Crippen LogP contribution in [0.3, 0.4) is 0 Å². The van der Waals surface area contributed by atoms with E-state index in [9.17, 15) is 23.2 Å². The Morgan fingerprint density at radius 3 is 2.56 bits per heavy atom. The van der Waals surface area contributed by atoms with Crippen molar-refractivity contribution < 1.29 is 18.0 Å². The van der Waals surface area contributed by atoms with Crippen molar-refractivity contribution in [2.24, 2.45) is 11.8 Å². The van der Waals surface area contributed by atoms with Gasteiger partial charge in [0.15, 0.2) is 0 Å². The summed E-state index contributed by atoms with van der Waals surface area (Å²) in [5.74, 6) is -1.82. The number of piperidine rings is 2. The molecule has 0 unspecified atom stereocenters. The van der Waals surface area contributed by atoms with E-state index in [-0.39, 0.29) is 31.3 Å². The number of nitrogens with zero attached hydrogens (tertiary/aromatic N) is 4. The fraction of sp³-hybridized carbons (Fsp3) is 0.560. The molecule has 2 aromatic rings. The highest BCUT2D eigenvalue weighted by atomic mass is 19.4. The summed E-state index contributed by atoms with van der Waals surface area (Å²) in [6.45, 7) is 1.87. The second kappa shape index (κ2) is 9.06. The number of fused-ring (bicyclic) bond motifs is 1. The number of carbonyl (C=O) groups excluding carboxylic acids is 1. The fourth-order valence-corrected chi connectivity index (χ4v) is 5.45. The van der Waals surface area contributed by atoms with Crippen molar-refractivity contribution >= 4 is 22.5 Å². The molecule has 0 spiro atoms. The smallest absolute Gasteiger partial charge is 0.368 e. The highest BCUT2D eigenvalue weighted by Gasteiger charge is 2.45. The van der Waals surface area contributed by atoms with Gasteiger partial charge in [0.25, 0.3) is 0 Å². The van der Waals surface area contributed by atoms with Crippen molar-refractivity contribution in [1.29, 1.82) is 5.26 Å². The van der Waals surface area contributed by atoms with Crippen LogP contribution in [0.15, 0.2) is 30.5 Å². The summed E-state index contributed by atoms with van der Waals surface area (Å²) in [4.78, 5) is 21.4. The molecule has 34 heavy (non-hydrogen) atoms. The molecule has 1 saturated carbocycles. The lowest BCUT2D eigenvalue weighted by molar-refractivity contribution is -0.178. The van der Waals surface area contributed by atoms with Gasteiger partial charge in [0.05, 0.1) is 17.0 Å². The fourth-order valence-electron chi connectivity index (χ4n) is 5.45. The number of likely N-dealkylation sites (tertiary alicyclic amines) is 1. The summed E-state index contributed by atoms with van der Waals surface area (Å²) in [5, 5.41) is 13.0. The van der Waals surface area contributed by atoms with Crippen LogP contribution in [-0.2, 0) is 4.79 Å². The van der Waals surface area contributed by atoms with E-state index in [1.54, 1.807) is 35.4 Å². The first-order chi connectivity index (χ1) is 16.3. The first-order valence-electron chi connectivity index (χ1n) is 12.0. The molecule has 1 N–H and O–H groups in total. The van der Waals surface area contributed by atoms with Crippen LogP contribution in [0.1, 0.15) is 37.7 Å². The lowest BCUT2D eigenvalue weighted by Crippen LogP contribution is -2.55. The van der Waals surface area contributed by atoms with Gasteiger partial charge < -0.3 is 15.1 Å². The maximum Gasteiger partial charge on any atom is 0.393 e. The van der Waals surface area contributed by atoms with E-state index in [4.69, 9.17) is 0 Å². The molecule has 1 aromatic carbocycles. The predicted molar refractivity (Wildman–Crippen MR) is 122 cm³/mol. The highest BCUT2D eigenvalue weighted by molar-refractivity contribution is 5.95. The molecule has 180 valence electrons. The van der Waals surface area contributed by atoms with Crippen LogP contribution in [-0.4, -0.2) is 60.2 Å². The molecule has 0 radical (unpaired) electrons. The van der Waals surface area contributed by atoms with E-state index in [0.29, 0.717) is 28.2 Å². The number of halogens is 3. The molecule has 0 bridgehead atoms. The van der Waals surface area contributed by atoms with Crippen molar-refractivity contribution in [3.05, 3.63) is 36.0 Å². The topological polar surface area (TPSA) is 72.3 Å². The van der Waals surface area contributed by atoms with Crippen molar-refractivity contribution in [1.82, 2.24) is 15.2 Å². The zero-order valence-corrected chi connectivity index (χ0v) is 18.9. The molecule has 2 saturated heterocycles. The molecule has 6 nitrogen and oxygen atoms in total. The average Bonchev–Trinajstić information content (AvgIpc) is 3.68. The number of aromatic nitrogens is 1. The molecular formula is C25H28F3N5O. The van der Waals surface area contributed by atoms with Gasteiger partial charge in [-0.15, -0.1) is 0 Å². The standard InChI is InChI=1S/C25H28F3N5O/c26-25(27,28)18-12-19(31-24(34)16-7-10-32(11-8-16)20-4-5-20)15-33(14-18)22-6-3-17(13-29)23-21(22)2-1-9-30-23/h1-3,6,9,16,18-20H,4-5,7-8,10-12,14-15H2,(H,31,34)/t18-,19+/m0/s1. The van der Waals surface area contributed by atoms with Crippen LogP contribution >= 0.6 is 0 Å². The zero-order chi connectivity index (χ0) is 23.9. The van der Waals surface area contributed by atoms with Crippen molar-refractivity contribution in [2.45, 2.75) is 50.4 Å². The summed E-state index contributed by atoms with van der Waals surface area (Å²) >= 11 is 0. The lowest BCUT2D eigenvalue weighted by atomic mass is 9.90. The van der Waals surface area contributed by atoms with Gasteiger partial charge >= 0.3 is 6.18 Å². The van der Waals surface area contributed by atoms with Gasteiger partial charge in [0.1, 0.15) is 6.07 Å². The van der Waals surface area contributed by atoms with Crippen molar-refractivity contribution in [3.8, 4) is 6.07 Å². The van der Waals surface area contributed by atoms with E-state index < -0.39 is 18.1 Å². The Kier molecular flexibility index (Phi) is 6.11. The van der Waals surface area contributed by atoms with E-state index in [0.717, 1.165) is 25.9 Å². The third-order valence-corrected chi connectivity index (χ3v) is 7.43. The van der Waals surface area contributed by atoms with Gasteiger partial charge in [-0.1, -0.05) is 0 Å². The average molecular weight is 472 g/mol. The van der Waals surface area contributed by atoms with Crippen LogP contribution in [0.4, 0.5) is 18.9 Å². The highest BCUT2D eigenvalue weighted by Crippen LogP contribution is 2.38. The van der Waals surface area contributed by atoms with Crippen LogP contribution in [0.2, 0.25) is 0 Å². The largest absolute Gasteiger partial charge is 0.393 e. The maximum atomic E-state index is 13.9. The van der Waals surface area contributed by atoms with Gasteiger partial charge in [-0.2, -0.15) is 18.4 Å². The number of nitrogens with one attached hydrogen (secondary N) is 1. The number of nitriles is 1. The number of benzene rings is 1. The predicted octanol–water partition coefficient (Wildman–Crippen LogP) is 3.85. The molecule has 2 atom stereocenters. The molecule has 3 aliphatic rings. The molecular weight excluding hydrogens is 443 g/mol. The Bertz CT molecular complexity index is 1100. The molecule has 9 heteroatoms. The monoisotopic (exact) mass is 471 g/mol. The Morgan fingerprint density at radius 1 is 1.12 bits per heavy atom. The number of pyridine rings is 1. The number of amides is 1. The Morgan fingerprint density at radius 2 is 1.88 bits per heavy atom. The van der Waals surface area contributed by atoms with Crippen LogP contribution < -0.4 is 10.2 Å². The van der Waals surface area contributed by atoms with Crippen LogP contribution in [0.25, 0.3) is 10.9 Å². The van der Waals surface area contributed by atoms with Gasteiger partial charge in [-0.25, -0.2) is 0 Å². The number of rotatable bonds is 4. The van der Waals surface area contributed by atoms with Crippen molar-refractivity contribution in [3.63, 3.8) is 0 Å². The normalized spacial score (nSPS) is 24.7. The third-order valence-electron chi connectivity index (χ3n) is 7.43. The summed E-state index contributed by atoms with van der Waals surface area (Å²) in [6, 6.07) is 8.94. The number of alkyl halides is 3. The second-order valence-electron chi connectivity index (χ2n) is 9.77. The Balaban J connectivity index is 1.35. The Labute approximate surface area is 196 Å². The molecule has 3 heterocycles. The molecule has 1 aliphatic carbocycles. The number of hydrogen-bond donors (Lipinski definition) is 1. The summed E-state index contributed by atoms with van der Waals surface area (Å²) < 4.78 is 41.6. The number of hydrogen-bond acceptors (Lipinski definition) is 5. The summed E-state index contributed by atoms with van der Waals surface area (Å²) in [7, 11) is 0.